The molecule has 1 aromatic carbocycles. The molecule has 0 bridgehead atoms. The number of nitrogens with zero attached hydrogens (tertiary/aromatic N) is 2. The van der Waals surface area contributed by atoms with Gasteiger partial charge in [-0.3, -0.25) is 14.9 Å². The van der Waals surface area contributed by atoms with Gasteiger partial charge in [-0.2, -0.15) is 0 Å². The highest BCUT2D eigenvalue weighted by molar-refractivity contribution is 9.10. The van der Waals surface area contributed by atoms with E-state index in [9.17, 15) is 19.7 Å². The number of aromatic carboxylic acids is 1. The van der Waals surface area contributed by atoms with E-state index in [-0.39, 0.29) is 32.9 Å². The zero-order chi connectivity index (χ0) is 15.0. The van der Waals surface area contributed by atoms with Crippen molar-refractivity contribution in [1.29, 1.82) is 0 Å². The van der Waals surface area contributed by atoms with E-state index in [0.29, 0.717) is 6.54 Å². The first-order chi connectivity index (χ1) is 9.31. The molecule has 1 saturated heterocycles. The number of hydrogen-bond acceptors (Lipinski definition) is 4. The Hall–Kier alpha value is -1.48. The number of carboxylic acid groups (broad SMARTS) is 1. The molecule has 1 atom stereocenters. The lowest BCUT2D eigenvalue weighted by Crippen LogP contribution is -2.26. The van der Waals surface area contributed by atoms with Gasteiger partial charge in [0.25, 0.3) is 5.69 Å². The number of carbonyl (C=O) groups is 2. The predicted molar refractivity (Wildman–Crippen MR) is 77.4 cm³/mol. The Labute approximate surface area is 130 Å². The molecule has 0 radical (unpaired) electrons. The van der Waals surface area contributed by atoms with Crippen LogP contribution in [0, 0.1) is 10.1 Å². The van der Waals surface area contributed by atoms with Gasteiger partial charge in [0.1, 0.15) is 5.69 Å². The van der Waals surface area contributed by atoms with Crippen molar-refractivity contribution in [3.63, 3.8) is 0 Å². The summed E-state index contributed by atoms with van der Waals surface area (Å²) in [6, 6.07) is 2.21. The highest BCUT2D eigenvalue weighted by atomic mass is 79.9. The average Bonchev–Trinajstić information content (AvgIpc) is 2.66. The minimum absolute atomic E-state index is 0.0827. The van der Waals surface area contributed by atoms with Crippen molar-refractivity contribution < 1.29 is 19.6 Å². The summed E-state index contributed by atoms with van der Waals surface area (Å²) in [5.74, 6) is -1.52. The largest absolute Gasteiger partial charge is 0.478 e. The number of halogens is 2. The number of nitro benzene ring substituents is 1. The van der Waals surface area contributed by atoms with E-state index in [2.05, 4.69) is 31.9 Å². The number of alkyl halides is 1. The maximum Gasteiger partial charge on any atom is 0.335 e. The summed E-state index contributed by atoms with van der Waals surface area (Å²) in [6.07, 6.45) is 0.240. The van der Waals surface area contributed by atoms with Gasteiger partial charge in [-0.1, -0.05) is 15.9 Å². The zero-order valence-corrected chi connectivity index (χ0v) is 13.0. The average molecular weight is 408 g/mol. The van der Waals surface area contributed by atoms with Crippen LogP contribution in [-0.2, 0) is 4.79 Å². The summed E-state index contributed by atoms with van der Waals surface area (Å²) >= 11 is 6.41. The lowest BCUT2D eigenvalue weighted by molar-refractivity contribution is -0.384. The van der Waals surface area contributed by atoms with E-state index in [1.807, 2.05) is 0 Å². The SMILES string of the molecule is O=C(O)c1cc(Br)c(N2CC(Br)CC2=O)c([N+](=O)[O-])c1. The minimum atomic E-state index is -1.27. The first-order valence-corrected chi connectivity index (χ1v) is 7.17. The maximum atomic E-state index is 11.9. The molecule has 7 nitrogen and oxygen atoms in total. The zero-order valence-electron chi connectivity index (χ0n) is 9.88. The van der Waals surface area contributed by atoms with E-state index >= 15 is 0 Å². The van der Waals surface area contributed by atoms with Crippen LogP contribution in [-0.4, -0.2) is 33.3 Å². The molecule has 9 heteroatoms. The lowest BCUT2D eigenvalue weighted by Gasteiger charge is -2.18. The van der Waals surface area contributed by atoms with Crippen LogP contribution < -0.4 is 4.90 Å². The van der Waals surface area contributed by atoms with Gasteiger partial charge >= 0.3 is 5.97 Å². The molecule has 1 aliphatic heterocycles. The van der Waals surface area contributed by atoms with Gasteiger partial charge in [-0.05, 0) is 22.0 Å². The summed E-state index contributed by atoms with van der Waals surface area (Å²) in [6.45, 7) is 0.296. The van der Waals surface area contributed by atoms with Crippen molar-refractivity contribution in [1.82, 2.24) is 0 Å². The van der Waals surface area contributed by atoms with E-state index in [1.165, 1.54) is 11.0 Å². The quantitative estimate of drug-likeness (QED) is 0.471. The molecular weight excluding hydrogens is 400 g/mol. The second kappa shape index (κ2) is 5.49. The monoisotopic (exact) mass is 406 g/mol. The van der Waals surface area contributed by atoms with Crippen molar-refractivity contribution in [2.24, 2.45) is 0 Å². The van der Waals surface area contributed by atoms with Crippen LogP contribution in [0.15, 0.2) is 16.6 Å². The number of rotatable bonds is 3. The molecule has 0 aromatic heterocycles. The Morgan fingerprint density at radius 2 is 2.15 bits per heavy atom. The van der Waals surface area contributed by atoms with Gasteiger partial charge < -0.3 is 10.0 Å². The molecule has 106 valence electrons. The third-order valence-corrected chi connectivity index (χ3v) is 4.05. The fourth-order valence-corrected chi connectivity index (χ4v) is 3.22. The third-order valence-electron chi connectivity index (χ3n) is 2.83. The van der Waals surface area contributed by atoms with E-state index in [0.717, 1.165) is 6.07 Å². The van der Waals surface area contributed by atoms with Crippen LogP contribution in [0.4, 0.5) is 11.4 Å². The summed E-state index contributed by atoms with van der Waals surface area (Å²) < 4.78 is 0.207. The number of carbonyl (C=O) groups excluding carboxylic acids is 1. The molecule has 1 heterocycles. The second-order valence-corrected chi connectivity index (χ2v) is 6.34. The van der Waals surface area contributed by atoms with Crippen molar-refractivity contribution in [2.45, 2.75) is 11.2 Å². The number of hydrogen-bond donors (Lipinski definition) is 1. The number of nitro groups is 1. The topological polar surface area (TPSA) is 101 Å². The van der Waals surface area contributed by atoms with Crippen LogP contribution in [0.25, 0.3) is 0 Å². The second-order valence-electron chi connectivity index (χ2n) is 4.19. The fraction of sp³-hybridized carbons (Fsp3) is 0.273. The maximum absolute atomic E-state index is 11.9. The highest BCUT2D eigenvalue weighted by Crippen LogP contribution is 2.39. The first-order valence-electron chi connectivity index (χ1n) is 5.47. The molecule has 0 aliphatic carbocycles. The van der Waals surface area contributed by atoms with Gasteiger partial charge in [0.15, 0.2) is 0 Å². The van der Waals surface area contributed by atoms with Crippen molar-refractivity contribution in [3.05, 3.63) is 32.3 Å². The van der Waals surface area contributed by atoms with Crippen LogP contribution in [0.2, 0.25) is 0 Å². The van der Waals surface area contributed by atoms with Gasteiger partial charge in [0, 0.05) is 28.3 Å². The first kappa shape index (κ1) is 14.9. The molecule has 1 unspecified atom stereocenters. The Morgan fingerprint density at radius 3 is 2.60 bits per heavy atom. The molecule has 1 aliphatic rings. The van der Waals surface area contributed by atoms with Crippen molar-refractivity contribution >= 4 is 55.1 Å². The van der Waals surface area contributed by atoms with Gasteiger partial charge in [-0.25, -0.2) is 4.79 Å². The summed E-state index contributed by atoms with van der Waals surface area (Å²) in [4.78, 5) is 34.5. The third kappa shape index (κ3) is 2.68. The Bertz CT molecular complexity index is 619. The molecule has 2 rings (SSSR count). The predicted octanol–water partition coefficient (Wildman–Crippen LogP) is 2.56. The molecular formula is C11H8Br2N2O5. The number of benzene rings is 1. The van der Waals surface area contributed by atoms with E-state index in [1.54, 1.807) is 0 Å². The summed E-state index contributed by atoms with van der Waals surface area (Å²) in [5.41, 5.74) is -0.534. The molecule has 1 N–H and O–H groups in total. The highest BCUT2D eigenvalue weighted by Gasteiger charge is 2.35. The van der Waals surface area contributed by atoms with Crippen molar-refractivity contribution in [3.8, 4) is 0 Å². The van der Waals surface area contributed by atoms with Crippen molar-refractivity contribution in [2.75, 3.05) is 11.4 Å². The summed E-state index contributed by atoms with van der Waals surface area (Å²) in [7, 11) is 0. The Balaban J connectivity index is 2.60. The Morgan fingerprint density at radius 1 is 1.50 bits per heavy atom. The smallest absolute Gasteiger partial charge is 0.335 e. The molecule has 1 amide bonds. The number of carboxylic acids is 1. The lowest BCUT2D eigenvalue weighted by atomic mass is 10.1. The molecule has 1 aromatic rings. The van der Waals surface area contributed by atoms with Gasteiger partial charge in [0.2, 0.25) is 5.91 Å². The minimum Gasteiger partial charge on any atom is -0.478 e. The standard InChI is InChI=1S/C11H8Br2N2O5/c12-6-3-9(16)14(4-6)10-7(13)1-5(11(17)18)2-8(10)15(19)20/h1-2,6H,3-4H2,(H,17,18). The molecule has 1 fully saturated rings. The molecule has 0 spiro atoms. The Kier molecular flexibility index (Phi) is 4.09. The van der Waals surface area contributed by atoms with Crippen LogP contribution >= 0.6 is 31.9 Å². The summed E-state index contributed by atoms with van der Waals surface area (Å²) in [5, 5.41) is 20.1. The number of anilines is 1. The van der Waals surface area contributed by atoms with Crippen LogP contribution in [0.3, 0.4) is 0 Å². The van der Waals surface area contributed by atoms with Crippen LogP contribution in [0.5, 0.6) is 0 Å². The van der Waals surface area contributed by atoms with E-state index < -0.39 is 16.6 Å². The van der Waals surface area contributed by atoms with Crippen LogP contribution in [0.1, 0.15) is 16.8 Å². The molecule has 20 heavy (non-hydrogen) atoms. The molecule has 0 saturated carbocycles. The van der Waals surface area contributed by atoms with Gasteiger partial charge in [0.05, 0.1) is 10.5 Å². The van der Waals surface area contributed by atoms with Gasteiger partial charge in [-0.15, -0.1) is 0 Å². The normalized spacial score (nSPS) is 18.4. The number of amides is 1. The fourth-order valence-electron chi connectivity index (χ4n) is 1.99. The van der Waals surface area contributed by atoms with E-state index in [4.69, 9.17) is 5.11 Å².